The highest BCUT2D eigenvalue weighted by Gasteiger charge is 2.17. The maximum Gasteiger partial charge on any atom is 0.136 e. The number of benzene rings is 9. The Bertz CT molecular complexity index is 4460. The highest BCUT2D eigenvalue weighted by atomic mass is 16.3. The standard InChI is InChI=1S/C48H30O/c1-2-11-31(12-3-1)34-15-10-16-38(27-34)48-41-19-8-6-17-39(41)47(40-18-7-9-20-42(40)48)33-23-21-32(22-24-33)37-25-26-45-43(29-37)44-28-35-13-4-5-14-36(35)30-46(44)49-45/h1-30H/i1D,2D,3D,4D,5D,6D,7D,8D,9D,10D,11D,12D,13D,14D,15D,16D,17D,18D,19D,20D,21D,22D,23D,24D,25D,26D,27D,28D,29D,30D. The molecule has 49 heavy (non-hydrogen) atoms. The topological polar surface area (TPSA) is 13.1 Å². The minimum atomic E-state index is -1.14. The van der Waals surface area contributed by atoms with Crippen molar-refractivity contribution in [3.05, 3.63) is 181 Å². The highest BCUT2D eigenvalue weighted by Crippen LogP contribution is 2.44. The summed E-state index contributed by atoms with van der Waals surface area (Å²) >= 11 is 0. The SMILES string of the molecule is [2H]c1c([2H])c([2H])c(-c2c([2H])c([2H])c([2H])c(-c3c4c([2H])c([2H])c([2H])c([2H])c4c(-c4c([2H])c([2H])c(-c5c([2H])c([2H])c6oc7c([2H])c8c([2H])c([2H])c([2H])c([2H])c8c([2H])c7c6c5[2H])c([2H])c4[2H])c4c([2H])c([2H])c([2H])c([2H])c34)c2[2H])c([2H])c1[2H]. The van der Waals surface area contributed by atoms with Crippen molar-refractivity contribution in [2.24, 2.45) is 0 Å². The largest absolute Gasteiger partial charge is 0.456 e. The van der Waals surface area contributed by atoms with Crippen LogP contribution in [0.15, 0.2) is 186 Å². The molecule has 0 saturated carbocycles. The predicted octanol–water partition coefficient (Wildman–Crippen LogP) is 13.7. The minimum absolute atomic E-state index is 0.435. The maximum absolute atomic E-state index is 9.62. The van der Waals surface area contributed by atoms with E-state index < -0.39 is 280 Å². The first-order valence-electron chi connectivity index (χ1n) is 29.4. The lowest BCUT2D eigenvalue weighted by Crippen LogP contribution is -1.91. The van der Waals surface area contributed by atoms with E-state index in [1.54, 1.807) is 0 Å². The van der Waals surface area contributed by atoms with Crippen LogP contribution in [0.3, 0.4) is 0 Å². The average Bonchev–Trinajstić information content (AvgIpc) is 3.83. The fraction of sp³-hybridized carbons (Fsp3) is 0. The van der Waals surface area contributed by atoms with Crippen LogP contribution in [0.25, 0.3) is 98.8 Å². The molecule has 0 bridgehead atoms. The van der Waals surface area contributed by atoms with Crippen molar-refractivity contribution in [1.82, 2.24) is 0 Å². The zero-order valence-electron chi connectivity index (χ0n) is 54.4. The lowest BCUT2D eigenvalue weighted by atomic mass is 9.85. The molecule has 0 aliphatic carbocycles. The van der Waals surface area contributed by atoms with Gasteiger partial charge in [0.25, 0.3) is 0 Å². The van der Waals surface area contributed by atoms with Gasteiger partial charge in [0.2, 0.25) is 0 Å². The smallest absolute Gasteiger partial charge is 0.136 e. The molecule has 0 aliphatic rings. The summed E-state index contributed by atoms with van der Waals surface area (Å²) < 4.78 is 275. The Balaban J connectivity index is 1.39. The summed E-state index contributed by atoms with van der Waals surface area (Å²) in [4.78, 5) is 0. The first-order valence-corrected chi connectivity index (χ1v) is 14.4. The number of hydrogen-bond donors (Lipinski definition) is 0. The Labute approximate surface area is 326 Å². The second-order valence-corrected chi connectivity index (χ2v) is 10.5. The summed E-state index contributed by atoms with van der Waals surface area (Å²) in [5.74, 6) is 0. The van der Waals surface area contributed by atoms with E-state index in [-0.39, 0.29) is 0 Å². The van der Waals surface area contributed by atoms with Gasteiger partial charge in [0.15, 0.2) is 0 Å². The van der Waals surface area contributed by atoms with E-state index in [1.807, 2.05) is 0 Å². The van der Waals surface area contributed by atoms with Crippen LogP contribution in [-0.4, -0.2) is 0 Å². The molecule has 0 amide bonds. The molecule has 0 N–H and O–H groups in total. The van der Waals surface area contributed by atoms with E-state index in [4.69, 9.17) is 30.5 Å². The van der Waals surface area contributed by atoms with Crippen LogP contribution in [0.5, 0.6) is 0 Å². The molecule has 0 spiro atoms. The first kappa shape index (κ1) is 11.1. The third-order valence-electron chi connectivity index (χ3n) is 7.76. The van der Waals surface area contributed by atoms with Gasteiger partial charge in [-0.05, 0) is 107 Å². The molecule has 1 heterocycles. The Kier molecular flexibility index (Phi) is 2.50. The van der Waals surface area contributed by atoms with Gasteiger partial charge in [0, 0.05) is 10.8 Å². The lowest BCUT2D eigenvalue weighted by molar-refractivity contribution is 0.669. The maximum atomic E-state index is 9.62. The fourth-order valence-corrected chi connectivity index (χ4v) is 5.64. The Morgan fingerprint density at radius 2 is 0.755 bits per heavy atom. The molecule has 0 aliphatic heterocycles. The van der Waals surface area contributed by atoms with Crippen molar-refractivity contribution in [3.8, 4) is 44.5 Å². The predicted molar refractivity (Wildman–Crippen MR) is 208 cm³/mol. The summed E-state index contributed by atoms with van der Waals surface area (Å²) in [7, 11) is 0. The molecule has 0 saturated heterocycles. The molecular weight excluding hydrogens is 593 g/mol. The Morgan fingerprint density at radius 1 is 0.286 bits per heavy atom. The lowest BCUT2D eigenvalue weighted by Gasteiger charge is -2.18. The van der Waals surface area contributed by atoms with Crippen LogP contribution in [0, 0.1) is 0 Å². The van der Waals surface area contributed by atoms with Gasteiger partial charge < -0.3 is 4.42 Å². The molecule has 10 aromatic rings. The third-order valence-corrected chi connectivity index (χ3v) is 7.76. The Hall–Kier alpha value is -6.44. The second-order valence-electron chi connectivity index (χ2n) is 10.5. The van der Waals surface area contributed by atoms with Crippen LogP contribution in [-0.2, 0) is 0 Å². The first-order chi connectivity index (χ1) is 36.8. The van der Waals surface area contributed by atoms with Crippen LogP contribution >= 0.6 is 0 Å². The monoisotopic (exact) mass is 652 g/mol. The van der Waals surface area contributed by atoms with Gasteiger partial charge in [-0.25, -0.2) is 0 Å². The second kappa shape index (κ2) is 11.1. The molecule has 0 unspecified atom stereocenters. The van der Waals surface area contributed by atoms with E-state index >= 15 is 0 Å². The van der Waals surface area contributed by atoms with Crippen LogP contribution < -0.4 is 0 Å². The van der Waals surface area contributed by atoms with Crippen molar-refractivity contribution in [2.45, 2.75) is 0 Å². The molecule has 1 nitrogen and oxygen atoms in total. The molecule has 1 aromatic heterocycles. The molecule has 0 atom stereocenters. The van der Waals surface area contributed by atoms with Gasteiger partial charge >= 0.3 is 0 Å². The minimum Gasteiger partial charge on any atom is -0.456 e. The summed E-state index contributed by atoms with van der Waals surface area (Å²) in [6.45, 7) is 0. The van der Waals surface area contributed by atoms with Gasteiger partial charge in [-0.1, -0.05) is 151 Å². The molecule has 0 fully saturated rings. The number of hydrogen-bond acceptors (Lipinski definition) is 1. The van der Waals surface area contributed by atoms with Crippen molar-refractivity contribution in [1.29, 1.82) is 0 Å². The van der Waals surface area contributed by atoms with Crippen LogP contribution in [0.1, 0.15) is 41.1 Å². The number of rotatable bonds is 4. The highest BCUT2D eigenvalue weighted by molar-refractivity contribution is 6.21. The summed E-state index contributed by atoms with van der Waals surface area (Å²) in [6, 6.07) is -28.7. The molecule has 10 rings (SSSR count). The van der Waals surface area contributed by atoms with E-state index in [9.17, 15) is 15.1 Å². The molecule has 9 aromatic carbocycles. The number of fused-ring (bicyclic) bond motifs is 6. The van der Waals surface area contributed by atoms with E-state index in [2.05, 4.69) is 0 Å². The summed E-state index contributed by atoms with van der Waals surface area (Å²) in [5.41, 5.74) is -7.83. The van der Waals surface area contributed by atoms with Crippen molar-refractivity contribution in [3.63, 3.8) is 0 Å². The molecule has 1 heteroatoms. The quantitative estimate of drug-likeness (QED) is 0.172. The molecule has 0 radical (unpaired) electrons. The average molecular weight is 653 g/mol. The molecular formula is C48H30O. The number of furan rings is 1. The van der Waals surface area contributed by atoms with Gasteiger partial charge in [-0.15, -0.1) is 0 Å². The van der Waals surface area contributed by atoms with E-state index in [1.165, 1.54) is 0 Å². The van der Waals surface area contributed by atoms with Gasteiger partial charge in [-0.3, -0.25) is 0 Å². The van der Waals surface area contributed by atoms with Crippen LogP contribution in [0.4, 0.5) is 0 Å². The van der Waals surface area contributed by atoms with Gasteiger partial charge in [0.1, 0.15) is 11.2 Å². The fourth-order valence-electron chi connectivity index (χ4n) is 5.64. The van der Waals surface area contributed by atoms with Gasteiger partial charge in [0.05, 0.1) is 41.1 Å². The van der Waals surface area contributed by atoms with Crippen molar-refractivity contribution < 1.29 is 45.5 Å². The molecule has 228 valence electrons. The van der Waals surface area contributed by atoms with Gasteiger partial charge in [-0.2, -0.15) is 0 Å². The van der Waals surface area contributed by atoms with Crippen LogP contribution in [0.2, 0.25) is 0 Å². The van der Waals surface area contributed by atoms with Crippen molar-refractivity contribution in [2.75, 3.05) is 0 Å². The zero-order valence-corrected chi connectivity index (χ0v) is 24.4. The Morgan fingerprint density at radius 3 is 1.45 bits per heavy atom. The summed E-state index contributed by atoms with van der Waals surface area (Å²) in [6.07, 6.45) is 0. The van der Waals surface area contributed by atoms with E-state index in [0.29, 0.717) is 0 Å². The zero-order chi connectivity index (χ0) is 58.4. The third kappa shape index (κ3) is 4.55. The summed E-state index contributed by atoms with van der Waals surface area (Å²) in [5, 5.41) is -5.06. The van der Waals surface area contributed by atoms with E-state index in [0.717, 1.165) is 0 Å². The normalized spacial score (nSPS) is 20.2. The van der Waals surface area contributed by atoms with Crippen molar-refractivity contribution >= 4 is 54.3 Å².